The summed E-state index contributed by atoms with van der Waals surface area (Å²) in [7, 11) is 0. The van der Waals surface area contributed by atoms with Gasteiger partial charge in [0.2, 0.25) is 0 Å². The molecular weight excluding hydrogens is 174 g/mol. The molecule has 3 N–H and O–H groups in total. The predicted molar refractivity (Wildman–Crippen MR) is 44.0 cm³/mol. The Morgan fingerprint density at radius 3 is 2.62 bits per heavy atom. The van der Waals surface area contributed by atoms with Gasteiger partial charge in [-0.1, -0.05) is 0 Å². The van der Waals surface area contributed by atoms with Crippen LogP contribution in [0.3, 0.4) is 0 Å². The highest BCUT2D eigenvalue weighted by molar-refractivity contribution is 5.75. The third kappa shape index (κ3) is 3.89. The van der Waals surface area contributed by atoms with Crippen molar-refractivity contribution in [2.45, 2.75) is 37.8 Å². The van der Waals surface area contributed by atoms with Crippen LogP contribution in [0.5, 0.6) is 0 Å². The Kier molecular flexibility index (Phi) is 3.25. The van der Waals surface area contributed by atoms with Crippen LogP contribution >= 0.6 is 0 Å². The summed E-state index contributed by atoms with van der Waals surface area (Å²) in [6, 6.07) is -0.966. The number of carbonyl (C=O) groups is 2. The van der Waals surface area contributed by atoms with Gasteiger partial charge in [0.1, 0.15) is 12.1 Å². The second kappa shape index (κ2) is 4.23. The summed E-state index contributed by atoms with van der Waals surface area (Å²) in [6.45, 7) is 0. The number of hydrogen-bond acceptors (Lipinski definition) is 4. The molecule has 1 saturated carbocycles. The third-order valence-electron chi connectivity index (χ3n) is 1.80. The van der Waals surface area contributed by atoms with Crippen LogP contribution in [0, 0.1) is 0 Å². The van der Waals surface area contributed by atoms with Crippen LogP contribution in [-0.2, 0) is 14.3 Å². The van der Waals surface area contributed by atoms with E-state index in [2.05, 4.69) is 0 Å². The number of rotatable bonds is 5. The number of esters is 1. The molecule has 0 aromatic heterocycles. The predicted octanol–water partition coefficient (Wildman–Crippen LogP) is -0.116. The van der Waals surface area contributed by atoms with E-state index in [1.165, 1.54) is 0 Å². The van der Waals surface area contributed by atoms with E-state index in [1.807, 2.05) is 0 Å². The lowest BCUT2D eigenvalue weighted by atomic mass is 10.2. The molecule has 0 aromatic carbocycles. The minimum absolute atomic E-state index is 0.0774. The molecule has 13 heavy (non-hydrogen) atoms. The summed E-state index contributed by atoms with van der Waals surface area (Å²) >= 11 is 0. The standard InChI is InChI=1S/C8H13NO4/c9-6(8(11)12)3-4-7(10)13-5-1-2-5/h5-6H,1-4,9H2,(H,11,12)/t6-/m0/s1. The van der Waals surface area contributed by atoms with Gasteiger partial charge in [0.05, 0.1) is 0 Å². The number of carboxylic acid groups (broad SMARTS) is 1. The second-order valence-electron chi connectivity index (χ2n) is 3.17. The van der Waals surface area contributed by atoms with Gasteiger partial charge in [-0.05, 0) is 19.3 Å². The fraction of sp³-hybridized carbons (Fsp3) is 0.750. The molecule has 5 heteroatoms. The van der Waals surface area contributed by atoms with Crippen LogP contribution in [0.4, 0.5) is 0 Å². The molecule has 1 fully saturated rings. The minimum Gasteiger partial charge on any atom is -0.480 e. The van der Waals surface area contributed by atoms with Gasteiger partial charge in [0.15, 0.2) is 0 Å². The molecule has 0 radical (unpaired) electrons. The molecule has 0 unspecified atom stereocenters. The fourth-order valence-electron chi connectivity index (χ4n) is 0.828. The highest BCUT2D eigenvalue weighted by Crippen LogP contribution is 2.24. The van der Waals surface area contributed by atoms with E-state index in [1.54, 1.807) is 0 Å². The van der Waals surface area contributed by atoms with Gasteiger partial charge in [-0.3, -0.25) is 9.59 Å². The van der Waals surface area contributed by atoms with Crippen molar-refractivity contribution in [3.63, 3.8) is 0 Å². The molecule has 0 saturated heterocycles. The third-order valence-corrected chi connectivity index (χ3v) is 1.80. The molecule has 0 heterocycles. The topological polar surface area (TPSA) is 89.6 Å². The molecule has 0 aromatic rings. The molecule has 0 bridgehead atoms. The van der Waals surface area contributed by atoms with Crippen LogP contribution < -0.4 is 5.73 Å². The first kappa shape index (κ1) is 9.98. The highest BCUT2D eigenvalue weighted by Gasteiger charge is 2.26. The molecule has 1 rings (SSSR count). The largest absolute Gasteiger partial charge is 0.480 e. The van der Waals surface area contributed by atoms with Crippen molar-refractivity contribution >= 4 is 11.9 Å². The van der Waals surface area contributed by atoms with Crippen LogP contribution in [0.15, 0.2) is 0 Å². The lowest BCUT2D eigenvalue weighted by Crippen LogP contribution is -2.30. The smallest absolute Gasteiger partial charge is 0.320 e. The minimum atomic E-state index is -1.08. The van der Waals surface area contributed by atoms with Crippen LogP contribution in [0.25, 0.3) is 0 Å². The second-order valence-corrected chi connectivity index (χ2v) is 3.17. The van der Waals surface area contributed by atoms with Gasteiger partial charge < -0.3 is 15.6 Å². The van der Waals surface area contributed by atoms with Gasteiger partial charge in [-0.25, -0.2) is 0 Å². The first-order valence-electron chi connectivity index (χ1n) is 4.27. The molecule has 0 amide bonds. The SMILES string of the molecule is N[C@@H](CCC(=O)OC1CC1)C(=O)O. The van der Waals surface area contributed by atoms with Crippen molar-refractivity contribution in [2.75, 3.05) is 0 Å². The average molecular weight is 187 g/mol. The normalized spacial score (nSPS) is 17.9. The van der Waals surface area contributed by atoms with E-state index in [-0.39, 0.29) is 24.9 Å². The Labute approximate surface area is 75.9 Å². The molecule has 0 aliphatic heterocycles. The van der Waals surface area contributed by atoms with E-state index in [0.717, 1.165) is 12.8 Å². The van der Waals surface area contributed by atoms with Gasteiger partial charge in [0.25, 0.3) is 0 Å². The van der Waals surface area contributed by atoms with Crippen molar-refractivity contribution in [1.82, 2.24) is 0 Å². The Hall–Kier alpha value is -1.10. The van der Waals surface area contributed by atoms with Gasteiger partial charge in [-0.15, -0.1) is 0 Å². The fourth-order valence-corrected chi connectivity index (χ4v) is 0.828. The van der Waals surface area contributed by atoms with Crippen molar-refractivity contribution in [1.29, 1.82) is 0 Å². The van der Waals surface area contributed by atoms with E-state index in [4.69, 9.17) is 15.6 Å². The summed E-state index contributed by atoms with van der Waals surface area (Å²) < 4.78 is 4.90. The van der Waals surface area contributed by atoms with Crippen molar-refractivity contribution < 1.29 is 19.4 Å². The zero-order valence-corrected chi connectivity index (χ0v) is 7.23. The van der Waals surface area contributed by atoms with E-state index < -0.39 is 12.0 Å². The summed E-state index contributed by atoms with van der Waals surface area (Å²) in [4.78, 5) is 21.2. The number of aliphatic carboxylic acids is 1. The summed E-state index contributed by atoms with van der Waals surface area (Å²) in [5.74, 6) is -1.43. The maximum absolute atomic E-state index is 10.9. The Morgan fingerprint density at radius 1 is 1.54 bits per heavy atom. The van der Waals surface area contributed by atoms with E-state index in [9.17, 15) is 9.59 Å². The van der Waals surface area contributed by atoms with Gasteiger partial charge >= 0.3 is 11.9 Å². The van der Waals surface area contributed by atoms with E-state index in [0.29, 0.717) is 0 Å². The zero-order chi connectivity index (χ0) is 9.84. The van der Waals surface area contributed by atoms with Gasteiger partial charge in [0, 0.05) is 6.42 Å². The maximum Gasteiger partial charge on any atom is 0.320 e. The summed E-state index contributed by atoms with van der Waals surface area (Å²) in [5, 5.41) is 8.41. The van der Waals surface area contributed by atoms with Crippen molar-refractivity contribution in [3.05, 3.63) is 0 Å². The molecule has 1 atom stereocenters. The Morgan fingerprint density at radius 2 is 2.15 bits per heavy atom. The molecule has 74 valence electrons. The molecule has 1 aliphatic carbocycles. The lowest BCUT2D eigenvalue weighted by molar-refractivity contribution is -0.145. The quantitative estimate of drug-likeness (QED) is 0.586. The average Bonchev–Trinajstić information content (AvgIpc) is 2.83. The maximum atomic E-state index is 10.9. The first-order chi connectivity index (χ1) is 6.09. The lowest BCUT2D eigenvalue weighted by Gasteiger charge is -2.05. The number of hydrogen-bond donors (Lipinski definition) is 2. The molecule has 1 aliphatic rings. The van der Waals surface area contributed by atoms with Crippen LogP contribution in [0.2, 0.25) is 0 Å². The Balaban J connectivity index is 2.09. The van der Waals surface area contributed by atoms with Crippen molar-refractivity contribution in [2.24, 2.45) is 5.73 Å². The number of nitrogens with two attached hydrogens (primary N) is 1. The number of carboxylic acids is 1. The molecule has 0 spiro atoms. The molecular formula is C8H13NO4. The molecule has 5 nitrogen and oxygen atoms in total. The summed E-state index contributed by atoms with van der Waals surface area (Å²) in [6.07, 6.45) is 2.16. The Bertz CT molecular complexity index is 212. The summed E-state index contributed by atoms with van der Waals surface area (Å²) in [5.41, 5.74) is 5.20. The van der Waals surface area contributed by atoms with E-state index >= 15 is 0 Å². The van der Waals surface area contributed by atoms with Gasteiger partial charge in [-0.2, -0.15) is 0 Å². The monoisotopic (exact) mass is 187 g/mol. The first-order valence-corrected chi connectivity index (χ1v) is 4.27. The van der Waals surface area contributed by atoms with Crippen LogP contribution in [0.1, 0.15) is 25.7 Å². The number of ether oxygens (including phenoxy) is 1. The van der Waals surface area contributed by atoms with Crippen molar-refractivity contribution in [3.8, 4) is 0 Å². The number of carbonyl (C=O) groups excluding carboxylic acids is 1. The van der Waals surface area contributed by atoms with Crippen LogP contribution in [-0.4, -0.2) is 29.2 Å². The zero-order valence-electron chi connectivity index (χ0n) is 7.23. The highest BCUT2D eigenvalue weighted by atomic mass is 16.5.